The normalized spacial score (nSPS) is 27.7. The van der Waals surface area contributed by atoms with Crippen LogP contribution in [0.25, 0.3) is 0 Å². The van der Waals surface area contributed by atoms with Crippen molar-refractivity contribution in [2.24, 2.45) is 11.8 Å². The first kappa shape index (κ1) is 13.9. The van der Waals surface area contributed by atoms with E-state index in [9.17, 15) is 20.0 Å². The first-order valence-corrected chi connectivity index (χ1v) is 7.23. The van der Waals surface area contributed by atoms with Gasteiger partial charge in [0, 0.05) is 23.9 Å². The Morgan fingerprint density at radius 3 is 2.86 bits per heavy atom. The van der Waals surface area contributed by atoms with Crippen LogP contribution in [0.3, 0.4) is 0 Å². The van der Waals surface area contributed by atoms with Gasteiger partial charge in [0.25, 0.3) is 5.69 Å². The van der Waals surface area contributed by atoms with Gasteiger partial charge in [0.05, 0.1) is 4.92 Å². The van der Waals surface area contributed by atoms with Gasteiger partial charge in [-0.15, -0.1) is 0 Å². The molecule has 1 saturated heterocycles. The van der Waals surface area contributed by atoms with Gasteiger partial charge in [-0.05, 0) is 37.7 Å². The van der Waals surface area contributed by atoms with Gasteiger partial charge in [-0.3, -0.25) is 10.1 Å². The molecule has 2 aliphatic rings. The molecule has 0 aromatic heterocycles. The van der Waals surface area contributed by atoms with E-state index in [1.807, 2.05) is 4.90 Å². The van der Waals surface area contributed by atoms with Crippen molar-refractivity contribution in [1.82, 2.24) is 0 Å². The van der Waals surface area contributed by atoms with Crippen molar-refractivity contribution in [1.29, 1.82) is 0 Å². The fraction of sp³-hybridized carbons (Fsp3) is 0.533. The van der Waals surface area contributed by atoms with Crippen molar-refractivity contribution in [2.75, 3.05) is 11.4 Å². The maximum atomic E-state index is 11.6. The van der Waals surface area contributed by atoms with Gasteiger partial charge in [0.1, 0.15) is 6.04 Å². The van der Waals surface area contributed by atoms with E-state index in [2.05, 4.69) is 0 Å². The first-order valence-electron chi connectivity index (χ1n) is 7.23. The van der Waals surface area contributed by atoms with Crippen LogP contribution in [0.4, 0.5) is 11.4 Å². The molecule has 1 heterocycles. The van der Waals surface area contributed by atoms with Crippen molar-refractivity contribution in [3.63, 3.8) is 0 Å². The van der Waals surface area contributed by atoms with E-state index >= 15 is 0 Å². The molecule has 3 atom stereocenters. The van der Waals surface area contributed by atoms with E-state index < -0.39 is 16.9 Å². The molecule has 1 aliphatic carbocycles. The van der Waals surface area contributed by atoms with Gasteiger partial charge in [0.15, 0.2) is 0 Å². The Morgan fingerprint density at radius 1 is 1.43 bits per heavy atom. The maximum absolute atomic E-state index is 11.6. The third-order valence-corrected chi connectivity index (χ3v) is 4.86. The number of benzene rings is 1. The number of nitrogens with zero attached hydrogens (tertiary/aromatic N) is 2. The molecular formula is C15H18N2O4. The predicted molar refractivity (Wildman–Crippen MR) is 77.4 cm³/mol. The molecule has 3 rings (SSSR count). The zero-order valence-corrected chi connectivity index (χ0v) is 11.9. The minimum Gasteiger partial charge on any atom is -0.480 e. The second-order valence-corrected chi connectivity index (χ2v) is 6.02. The summed E-state index contributed by atoms with van der Waals surface area (Å²) in [5.74, 6) is -0.262. The van der Waals surface area contributed by atoms with Crippen LogP contribution in [0.15, 0.2) is 18.2 Å². The van der Waals surface area contributed by atoms with Crippen LogP contribution in [0.5, 0.6) is 0 Å². The van der Waals surface area contributed by atoms with Crippen LogP contribution in [-0.2, 0) is 4.79 Å². The quantitative estimate of drug-likeness (QED) is 0.683. The fourth-order valence-electron chi connectivity index (χ4n) is 3.86. The molecule has 21 heavy (non-hydrogen) atoms. The molecule has 1 aliphatic heterocycles. The summed E-state index contributed by atoms with van der Waals surface area (Å²) in [6.07, 6.45) is 3.08. The molecule has 1 aromatic rings. The predicted octanol–water partition coefficient (Wildman–Crippen LogP) is 2.59. The molecule has 1 aromatic carbocycles. The maximum Gasteiger partial charge on any atom is 0.326 e. The highest BCUT2D eigenvalue weighted by Gasteiger charge is 2.48. The van der Waals surface area contributed by atoms with Crippen LogP contribution in [-0.4, -0.2) is 28.6 Å². The molecule has 0 radical (unpaired) electrons. The highest BCUT2D eigenvalue weighted by molar-refractivity contribution is 5.80. The number of hydrogen-bond acceptors (Lipinski definition) is 4. The van der Waals surface area contributed by atoms with E-state index in [0.29, 0.717) is 23.7 Å². The third-order valence-electron chi connectivity index (χ3n) is 4.86. The smallest absolute Gasteiger partial charge is 0.326 e. The van der Waals surface area contributed by atoms with Gasteiger partial charge < -0.3 is 10.0 Å². The lowest BCUT2D eigenvalue weighted by molar-refractivity contribution is -0.385. The number of aryl methyl sites for hydroxylation is 1. The van der Waals surface area contributed by atoms with Gasteiger partial charge in [0.2, 0.25) is 0 Å². The van der Waals surface area contributed by atoms with Crippen molar-refractivity contribution < 1.29 is 14.8 Å². The van der Waals surface area contributed by atoms with Crippen LogP contribution in [0.2, 0.25) is 0 Å². The van der Waals surface area contributed by atoms with Crippen LogP contribution in [0.1, 0.15) is 24.8 Å². The van der Waals surface area contributed by atoms with E-state index in [4.69, 9.17) is 0 Å². The van der Waals surface area contributed by atoms with Gasteiger partial charge >= 0.3 is 5.97 Å². The molecule has 3 unspecified atom stereocenters. The molecule has 1 saturated carbocycles. The van der Waals surface area contributed by atoms with Crippen LogP contribution < -0.4 is 4.90 Å². The Labute approximate surface area is 122 Å². The summed E-state index contributed by atoms with van der Waals surface area (Å²) in [6.45, 7) is 2.37. The molecule has 1 N–H and O–H groups in total. The van der Waals surface area contributed by atoms with Crippen molar-refractivity contribution in [3.8, 4) is 0 Å². The highest BCUT2D eigenvalue weighted by Crippen LogP contribution is 2.44. The Balaban J connectivity index is 1.97. The lowest BCUT2D eigenvalue weighted by atomic mass is 9.94. The van der Waals surface area contributed by atoms with Crippen LogP contribution >= 0.6 is 0 Å². The zero-order chi connectivity index (χ0) is 15.1. The second-order valence-electron chi connectivity index (χ2n) is 6.02. The summed E-state index contributed by atoms with van der Waals surface area (Å²) >= 11 is 0. The molecular weight excluding hydrogens is 272 g/mol. The molecule has 6 nitrogen and oxygen atoms in total. The highest BCUT2D eigenvalue weighted by atomic mass is 16.6. The molecule has 112 valence electrons. The lowest BCUT2D eigenvalue weighted by Gasteiger charge is -2.26. The number of anilines is 1. The Morgan fingerprint density at radius 2 is 2.19 bits per heavy atom. The van der Waals surface area contributed by atoms with Crippen molar-refractivity contribution >= 4 is 17.3 Å². The summed E-state index contributed by atoms with van der Waals surface area (Å²) in [5, 5.41) is 20.6. The van der Waals surface area contributed by atoms with E-state index in [0.717, 1.165) is 19.3 Å². The summed E-state index contributed by atoms with van der Waals surface area (Å²) < 4.78 is 0. The largest absolute Gasteiger partial charge is 0.480 e. The van der Waals surface area contributed by atoms with E-state index in [-0.39, 0.29) is 11.6 Å². The van der Waals surface area contributed by atoms with Gasteiger partial charge in [-0.2, -0.15) is 0 Å². The van der Waals surface area contributed by atoms with Crippen molar-refractivity contribution in [3.05, 3.63) is 33.9 Å². The van der Waals surface area contributed by atoms with Crippen molar-refractivity contribution in [2.45, 2.75) is 32.2 Å². The summed E-state index contributed by atoms with van der Waals surface area (Å²) in [4.78, 5) is 24.1. The second kappa shape index (κ2) is 5.02. The number of fused-ring (bicyclic) bond motifs is 1. The number of hydrogen-bond donors (Lipinski definition) is 1. The molecule has 2 fully saturated rings. The summed E-state index contributed by atoms with van der Waals surface area (Å²) in [5.41, 5.74) is 1.29. The number of aliphatic carboxylic acids is 1. The SMILES string of the molecule is Cc1ccc(N2CC3CCCC3C2C(=O)O)cc1[N+](=O)[O-]. The zero-order valence-electron chi connectivity index (χ0n) is 11.9. The number of carboxylic acids is 1. The Bertz CT molecular complexity index is 601. The van der Waals surface area contributed by atoms with E-state index in [1.165, 1.54) is 6.07 Å². The summed E-state index contributed by atoms with van der Waals surface area (Å²) in [7, 11) is 0. The Kier molecular flexibility index (Phi) is 3.31. The number of carboxylic acid groups (broad SMARTS) is 1. The standard InChI is InChI=1S/C15H18N2O4/c1-9-5-6-11(7-13(9)17(20)21)16-8-10-3-2-4-12(10)14(16)15(18)19/h5-7,10,12,14H,2-4,8H2,1H3,(H,18,19). The fourth-order valence-corrected chi connectivity index (χ4v) is 3.86. The average molecular weight is 290 g/mol. The molecule has 0 bridgehead atoms. The molecule has 0 amide bonds. The summed E-state index contributed by atoms with van der Waals surface area (Å²) in [6, 6.07) is 4.44. The minimum atomic E-state index is -0.826. The van der Waals surface area contributed by atoms with Gasteiger partial charge in [-0.1, -0.05) is 12.5 Å². The number of nitro groups is 1. The lowest BCUT2D eigenvalue weighted by Crippen LogP contribution is -2.39. The Hall–Kier alpha value is -2.11. The number of rotatable bonds is 3. The van der Waals surface area contributed by atoms with Crippen LogP contribution in [0, 0.1) is 28.9 Å². The minimum absolute atomic E-state index is 0.0497. The monoisotopic (exact) mass is 290 g/mol. The molecule has 6 heteroatoms. The van der Waals surface area contributed by atoms with E-state index in [1.54, 1.807) is 19.1 Å². The third kappa shape index (κ3) is 2.24. The number of nitro benzene ring substituents is 1. The first-order chi connectivity index (χ1) is 9.99. The van der Waals surface area contributed by atoms with Gasteiger partial charge in [-0.25, -0.2) is 4.79 Å². The molecule has 0 spiro atoms. The average Bonchev–Trinajstić information content (AvgIpc) is 2.98. The number of carbonyl (C=O) groups is 1. The topological polar surface area (TPSA) is 83.7 Å².